The number of ether oxygens (including phenoxy) is 1. The van der Waals surface area contributed by atoms with E-state index in [0.29, 0.717) is 11.7 Å². The second kappa shape index (κ2) is 4.34. The molecular formula is C14H22N4O. The predicted octanol–water partition coefficient (Wildman–Crippen LogP) is 2.22. The van der Waals surface area contributed by atoms with Gasteiger partial charge < -0.3 is 15.8 Å². The van der Waals surface area contributed by atoms with Crippen molar-refractivity contribution >= 4 is 11.6 Å². The first-order valence-corrected chi connectivity index (χ1v) is 7.03. The van der Waals surface area contributed by atoms with E-state index in [2.05, 4.69) is 29.1 Å². The molecule has 0 spiro atoms. The van der Waals surface area contributed by atoms with Gasteiger partial charge in [0.15, 0.2) is 0 Å². The number of nitrogen functional groups attached to an aromatic ring is 1. The molecule has 2 unspecified atom stereocenters. The van der Waals surface area contributed by atoms with E-state index in [9.17, 15) is 0 Å². The molecule has 0 bridgehead atoms. The molecule has 1 aromatic rings. The van der Waals surface area contributed by atoms with Crippen molar-refractivity contribution in [2.75, 3.05) is 17.7 Å². The van der Waals surface area contributed by atoms with Crippen molar-refractivity contribution in [2.45, 2.75) is 57.6 Å². The van der Waals surface area contributed by atoms with Crippen molar-refractivity contribution in [1.29, 1.82) is 0 Å². The van der Waals surface area contributed by atoms with Crippen LogP contribution in [0.4, 0.5) is 11.6 Å². The Hall–Kier alpha value is -1.36. The minimum atomic E-state index is -0.0770. The van der Waals surface area contributed by atoms with Crippen molar-refractivity contribution in [1.82, 2.24) is 9.97 Å². The minimum absolute atomic E-state index is 0.0770. The summed E-state index contributed by atoms with van der Waals surface area (Å²) in [7, 11) is 0. The maximum absolute atomic E-state index is 6.02. The molecule has 3 rings (SSSR count). The molecule has 2 heterocycles. The van der Waals surface area contributed by atoms with E-state index in [4.69, 9.17) is 10.5 Å². The smallest absolute Gasteiger partial charge is 0.136 e. The molecule has 0 aromatic carbocycles. The van der Waals surface area contributed by atoms with Gasteiger partial charge in [-0.15, -0.1) is 0 Å². The number of nitrogens with two attached hydrogens (primary N) is 1. The fourth-order valence-corrected chi connectivity index (χ4v) is 2.47. The Bertz CT molecular complexity index is 500. The van der Waals surface area contributed by atoms with Gasteiger partial charge in [-0.25, -0.2) is 9.97 Å². The van der Waals surface area contributed by atoms with E-state index in [-0.39, 0.29) is 11.6 Å². The molecule has 19 heavy (non-hydrogen) atoms. The molecular weight excluding hydrogens is 240 g/mol. The second-order valence-electron chi connectivity index (χ2n) is 6.02. The maximum Gasteiger partial charge on any atom is 0.136 e. The summed E-state index contributed by atoms with van der Waals surface area (Å²) in [5.41, 5.74) is 6.87. The number of hydrogen-bond donors (Lipinski definition) is 2. The van der Waals surface area contributed by atoms with E-state index < -0.39 is 0 Å². The number of nitrogens with zero attached hydrogens (tertiary/aromatic N) is 2. The molecule has 2 aliphatic rings. The summed E-state index contributed by atoms with van der Waals surface area (Å²) in [4.78, 5) is 9.09. The van der Waals surface area contributed by atoms with E-state index in [0.717, 1.165) is 30.2 Å². The Kier molecular flexibility index (Phi) is 2.89. The van der Waals surface area contributed by atoms with Crippen LogP contribution in [-0.2, 0) is 4.74 Å². The molecule has 1 saturated carbocycles. The van der Waals surface area contributed by atoms with E-state index >= 15 is 0 Å². The third-order valence-electron chi connectivity index (χ3n) is 4.43. The van der Waals surface area contributed by atoms with Crippen LogP contribution in [0.2, 0.25) is 0 Å². The number of nitrogens with one attached hydrogen (secondary N) is 1. The monoisotopic (exact) mass is 262 g/mol. The molecule has 1 aliphatic heterocycles. The summed E-state index contributed by atoms with van der Waals surface area (Å²) in [6.45, 7) is 7.04. The van der Waals surface area contributed by atoms with Crippen LogP contribution in [0.1, 0.15) is 50.4 Å². The third-order valence-corrected chi connectivity index (χ3v) is 4.43. The highest BCUT2D eigenvalue weighted by molar-refractivity contribution is 5.56. The maximum atomic E-state index is 6.02. The number of anilines is 2. The molecule has 5 heteroatoms. The van der Waals surface area contributed by atoms with Crippen LogP contribution in [0.25, 0.3) is 0 Å². The topological polar surface area (TPSA) is 73.1 Å². The summed E-state index contributed by atoms with van der Waals surface area (Å²) in [5.74, 6) is 2.86. The Morgan fingerprint density at radius 3 is 2.68 bits per heavy atom. The SMILES string of the molecule is Cc1c(N)nc(C2CC2)nc1NC1(C)CCOC1C. The van der Waals surface area contributed by atoms with Crippen LogP contribution in [0.15, 0.2) is 0 Å². The quantitative estimate of drug-likeness (QED) is 0.873. The van der Waals surface area contributed by atoms with Gasteiger partial charge in [0.1, 0.15) is 17.5 Å². The first-order valence-electron chi connectivity index (χ1n) is 7.03. The lowest BCUT2D eigenvalue weighted by molar-refractivity contribution is 0.105. The fraction of sp³-hybridized carbons (Fsp3) is 0.714. The van der Waals surface area contributed by atoms with Gasteiger partial charge in [-0.05, 0) is 40.0 Å². The summed E-state index contributed by atoms with van der Waals surface area (Å²) in [6.07, 6.45) is 3.51. The zero-order chi connectivity index (χ0) is 13.6. The lowest BCUT2D eigenvalue weighted by atomic mass is 9.94. The lowest BCUT2D eigenvalue weighted by Crippen LogP contribution is -2.41. The Balaban J connectivity index is 1.91. The predicted molar refractivity (Wildman–Crippen MR) is 75.2 cm³/mol. The molecule has 0 amide bonds. The van der Waals surface area contributed by atoms with Gasteiger partial charge in [0.05, 0.1) is 11.6 Å². The van der Waals surface area contributed by atoms with Crippen LogP contribution in [-0.4, -0.2) is 28.2 Å². The molecule has 5 nitrogen and oxygen atoms in total. The molecule has 1 aromatic heterocycles. The van der Waals surface area contributed by atoms with Crippen LogP contribution >= 0.6 is 0 Å². The molecule has 3 N–H and O–H groups in total. The van der Waals surface area contributed by atoms with Crippen molar-refractivity contribution in [3.05, 3.63) is 11.4 Å². The van der Waals surface area contributed by atoms with E-state index in [1.54, 1.807) is 0 Å². The Morgan fingerprint density at radius 1 is 1.37 bits per heavy atom. The van der Waals surface area contributed by atoms with Crippen LogP contribution in [0, 0.1) is 6.92 Å². The third kappa shape index (κ3) is 2.27. The molecule has 0 radical (unpaired) electrons. The first kappa shape index (κ1) is 12.7. The molecule has 1 saturated heterocycles. The van der Waals surface area contributed by atoms with Gasteiger partial charge in [-0.2, -0.15) is 0 Å². The van der Waals surface area contributed by atoms with Crippen LogP contribution in [0.3, 0.4) is 0 Å². The average Bonchev–Trinajstić information content (AvgIpc) is 3.14. The van der Waals surface area contributed by atoms with Gasteiger partial charge in [0.2, 0.25) is 0 Å². The van der Waals surface area contributed by atoms with Crippen molar-refractivity contribution in [3.63, 3.8) is 0 Å². The van der Waals surface area contributed by atoms with Gasteiger partial charge >= 0.3 is 0 Å². The summed E-state index contributed by atoms with van der Waals surface area (Å²) >= 11 is 0. The highest BCUT2D eigenvalue weighted by Gasteiger charge is 2.38. The molecule has 2 fully saturated rings. The largest absolute Gasteiger partial charge is 0.383 e. The van der Waals surface area contributed by atoms with Gasteiger partial charge in [0, 0.05) is 18.1 Å². The molecule has 2 atom stereocenters. The molecule has 104 valence electrons. The van der Waals surface area contributed by atoms with Gasteiger partial charge in [-0.1, -0.05) is 0 Å². The number of rotatable bonds is 3. The molecule has 1 aliphatic carbocycles. The standard InChI is InChI=1S/C14H22N4O/c1-8-11(15)16-13(10-4-5-10)17-12(8)18-14(3)6-7-19-9(14)2/h9-10H,4-7H2,1-3H3,(H3,15,16,17,18). The Morgan fingerprint density at radius 2 is 2.11 bits per heavy atom. The van der Waals surface area contributed by atoms with Crippen molar-refractivity contribution in [2.24, 2.45) is 0 Å². The minimum Gasteiger partial charge on any atom is -0.383 e. The lowest BCUT2D eigenvalue weighted by Gasteiger charge is -2.30. The summed E-state index contributed by atoms with van der Waals surface area (Å²) < 4.78 is 5.66. The highest BCUT2D eigenvalue weighted by atomic mass is 16.5. The van der Waals surface area contributed by atoms with Crippen molar-refractivity contribution in [3.8, 4) is 0 Å². The second-order valence-corrected chi connectivity index (χ2v) is 6.02. The zero-order valence-electron chi connectivity index (χ0n) is 11.9. The Labute approximate surface area is 114 Å². The fourth-order valence-electron chi connectivity index (χ4n) is 2.47. The zero-order valence-corrected chi connectivity index (χ0v) is 11.9. The summed E-state index contributed by atoms with van der Waals surface area (Å²) in [5, 5.41) is 3.54. The number of hydrogen-bond acceptors (Lipinski definition) is 5. The highest BCUT2D eigenvalue weighted by Crippen LogP contribution is 2.40. The first-order chi connectivity index (χ1) is 8.99. The van der Waals surface area contributed by atoms with Gasteiger partial charge in [0.25, 0.3) is 0 Å². The normalized spacial score (nSPS) is 30.6. The van der Waals surface area contributed by atoms with E-state index in [1.165, 1.54) is 12.8 Å². The number of aromatic nitrogens is 2. The van der Waals surface area contributed by atoms with Crippen LogP contribution < -0.4 is 11.1 Å². The van der Waals surface area contributed by atoms with Gasteiger partial charge in [-0.3, -0.25) is 0 Å². The average molecular weight is 262 g/mol. The van der Waals surface area contributed by atoms with Crippen molar-refractivity contribution < 1.29 is 4.74 Å². The van der Waals surface area contributed by atoms with E-state index in [1.807, 2.05) is 6.92 Å². The summed E-state index contributed by atoms with van der Waals surface area (Å²) in [6, 6.07) is 0. The van der Waals surface area contributed by atoms with Crippen LogP contribution in [0.5, 0.6) is 0 Å².